The van der Waals surface area contributed by atoms with Gasteiger partial charge in [-0.15, -0.1) is 0 Å². The first-order valence-corrected chi connectivity index (χ1v) is 8.45. The van der Waals surface area contributed by atoms with Gasteiger partial charge in [0.25, 0.3) is 5.91 Å². The Kier molecular flexibility index (Phi) is 5.27. The van der Waals surface area contributed by atoms with Crippen LogP contribution >= 0.6 is 11.8 Å². The van der Waals surface area contributed by atoms with Crippen molar-refractivity contribution in [3.8, 4) is 0 Å². The summed E-state index contributed by atoms with van der Waals surface area (Å²) in [4.78, 5) is 18.2. The maximum absolute atomic E-state index is 12.3. The van der Waals surface area contributed by atoms with Crippen molar-refractivity contribution in [1.29, 1.82) is 0 Å². The van der Waals surface area contributed by atoms with Gasteiger partial charge in [-0.1, -0.05) is 54.2 Å². The highest BCUT2D eigenvalue weighted by molar-refractivity contribution is 8.12. The highest BCUT2D eigenvalue weighted by Gasteiger charge is 2.16. The molecular formula is C19H18N2OS. The van der Waals surface area contributed by atoms with Gasteiger partial charge in [0.05, 0.1) is 4.91 Å². The zero-order chi connectivity index (χ0) is 15.9. The second-order valence-corrected chi connectivity index (χ2v) is 6.29. The summed E-state index contributed by atoms with van der Waals surface area (Å²) < 4.78 is 0. The smallest absolute Gasteiger partial charge is 0.257 e. The Morgan fingerprint density at radius 1 is 1.09 bits per heavy atom. The van der Waals surface area contributed by atoms with E-state index >= 15 is 0 Å². The quantitative estimate of drug-likeness (QED) is 0.910. The molecule has 1 aliphatic heterocycles. The third-order valence-electron chi connectivity index (χ3n) is 3.56. The average molecular weight is 322 g/mol. The summed E-state index contributed by atoms with van der Waals surface area (Å²) in [7, 11) is 0. The molecule has 0 radical (unpaired) electrons. The summed E-state index contributed by atoms with van der Waals surface area (Å²) >= 11 is 1.52. The number of carbonyl (C=O) groups is 1. The van der Waals surface area contributed by atoms with Crippen LogP contribution in [0.5, 0.6) is 0 Å². The number of amides is 1. The van der Waals surface area contributed by atoms with E-state index in [-0.39, 0.29) is 5.91 Å². The van der Waals surface area contributed by atoms with E-state index in [9.17, 15) is 4.79 Å². The Hall–Kier alpha value is -2.33. The molecule has 1 aromatic carbocycles. The number of aromatic nitrogens is 1. The molecule has 0 aliphatic carbocycles. The predicted molar refractivity (Wildman–Crippen MR) is 95.7 cm³/mol. The van der Waals surface area contributed by atoms with E-state index in [1.165, 1.54) is 17.3 Å². The van der Waals surface area contributed by atoms with E-state index in [1.807, 2.05) is 36.4 Å². The average Bonchev–Trinajstić information content (AvgIpc) is 2.63. The van der Waals surface area contributed by atoms with Crippen molar-refractivity contribution in [1.82, 2.24) is 10.3 Å². The predicted octanol–water partition coefficient (Wildman–Crippen LogP) is 3.80. The molecule has 0 atom stereocenters. The van der Waals surface area contributed by atoms with Crippen LogP contribution in [0.3, 0.4) is 0 Å². The summed E-state index contributed by atoms with van der Waals surface area (Å²) in [6, 6.07) is 14.1. The SMILES string of the molecule is O=C(NCCc1ccccc1)C1=CCC=C(c2ccncc2)S1. The van der Waals surface area contributed by atoms with Crippen molar-refractivity contribution < 1.29 is 4.79 Å². The molecule has 1 aromatic heterocycles. The maximum atomic E-state index is 12.3. The van der Waals surface area contributed by atoms with E-state index in [1.54, 1.807) is 12.4 Å². The number of allylic oxidation sites excluding steroid dienone is 2. The van der Waals surface area contributed by atoms with Crippen LogP contribution in [-0.2, 0) is 11.2 Å². The fourth-order valence-electron chi connectivity index (χ4n) is 2.36. The van der Waals surface area contributed by atoms with Crippen LogP contribution in [0, 0.1) is 0 Å². The fourth-order valence-corrected chi connectivity index (χ4v) is 3.37. The number of benzene rings is 1. The van der Waals surface area contributed by atoms with E-state index in [0.717, 1.165) is 28.2 Å². The lowest BCUT2D eigenvalue weighted by Crippen LogP contribution is -2.26. The summed E-state index contributed by atoms with van der Waals surface area (Å²) in [6.45, 7) is 0.648. The van der Waals surface area contributed by atoms with Crippen LogP contribution in [0.15, 0.2) is 71.9 Å². The van der Waals surface area contributed by atoms with Crippen LogP contribution in [0.1, 0.15) is 17.5 Å². The Bertz CT molecular complexity index is 724. The van der Waals surface area contributed by atoms with E-state index in [0.29, 0.717) is 6.54 Å². The molecule has 0 saturated heterocycles. The van der Waals surface area contributed by atoms with Crippen molar-refractivity contribution in [2.24, 2.45) is 0 Å². The lowest BCUT2D eigenvalue weighted by molar-refractivity contribution is -0.116. The Morgan fingerprint density at radius 2 is 1.87 bits per heavy atom. The van der Waals surface area contributed by atoms with Crippen molar-refractivity contribution in [2.45, 2.75) is 12.8 Å². The number of pyridine rings is 1. The molecule has 2 aromatic rings. The number of nitrogens with zero attached hydrogens (tertiary/aromatic N) is 1. The number of hydrogen-bond acceptors (Lipinski definition) is 3. The van der Waals surface area contributed by atoms with Crippen molar-refractivity contribution >= 4 is 22.6 Å². The number of nitrogens with one attached hydrogen (secondary N) is 1. The lowest BCUT2D eigenvalue weighted by Gasteiger charge is -2.14. The van der Waals surface area contributed by atoms with Crippen molar-refractivity contribution in [2.75, 3.05) is 6.54 Å². The van der Waals surface area contributed by atoms with Crippen LogP contribution in [-0.4, -0.2) is 17.4 Å². The number of rotatable bonds is 5. The van der Waals surface area contributed by atoms with Crippen molar-refractivity contribution in [3.05, 3.63) is 83.0 Å². The molecule has 1 aliphatic rings. The molecule has 0 bridgehead atoms. The van der Waals surface area contributed by atoms with Crippen molar-refractivity contribution in [3.63, 3.8) is 0 Å². The summed E-state index contributed by atoms with van der Waals surface area (Å²) in [6.07, 6.45) is 9.29. The molecule has 0 spiro atoms. The van der Waals surface area contributed by atoms with Crippen LogP contribution < -0.4 is 5.32 Å². The van der Waals surface area contributed by atoms with E-state index in [4.69, 9.17) is 0 Å². The van der Waals surface area contributed by atoms with E-state index < -0.39 is 0 Å². The van der Waals surface area contributed by atoms with Gasteiger partial charge in [-0.25, -0.2) is 0 Å². The van der Waals surface area contributed by atoms with Crippen LogP contribution in [0.4, 0.5) is 0 Å². The first-order chi connectivity index (χ1) is 11.3. The zero-order valence-electron chi connectivity index (χ0n) is 12.7. The van der Waals surface area contributed by atoms with Gasteiger partial charge >= 0.3 is 0 Å². The molecule has 1 N–H and O–H groups in total. The topological polar surface area (TPSA) is 42.0 Å². The van der Waals surface area contributed by atoms with Gasteiger partial charge in [0.1, 0.15) is 0 Å². The number of carbonyl (C=O) groups excluding carboxylic acids is 1. The standard InChI is InChI=1S/C19H18N2OS/c22-19(21-14-9-15-5-2-1-3-6-15)18-8-4-7-17(23-18)16-10-12-20-13-11-16/h1-3,5-8,10-13H,4,9,14H2,(H,21,22). The summed E-state index contributed by atoms with van der Waals surface area (Å²) in [5.41, 5.74) is 2.34. The fraction of sp³-hybridized carbons (Fsp3) is 0.158. The first-order valence-electron chi connectivity index (χ1n) is 7.63. The largest absolute Gasteiger partial charge is 0.351 e. The van der Waals surface area contributed by atoms with Gasteiger partial charge in [0, 0.05) is 23.8 Å². The van der Waals surface area contributed by atoms with Gasteiger partial charge in [-0.3, -0.25) is 9.78 Å². The molecule has 116 valence electrons. The maximum Gasteiger partial charge on any atom is 0.257 e. The number of thioether (sulfide) groups is 1. The first kappa shape index (κ1) is 15.6. The molecule has 3 nitrogen and oxygen atoms in total. The molecule has 2 heterocycles. The van der Waals surface area contributed by atoms with Gasteiger partial charge in [-0.2, -0.15) is 0 Å². The van der Waals surface area contributed by atoms with Gasteiger partial charge in [-0.05, 0) is 36.1 Å². The highest BCUT2D eigenvalue weighted by atomic mass is 32.2. The molecular weight excluding hydrogens is 304 g/mol. The van der Waals surface area contributed by atoms with Gasteiger partial charge in [0.2, 0.25) is 0 Å². The molecule has 3 rings (SSSR count). The van der Waals surface area contributed by atoms with Gasteiger partial charge in [0.15, 0.2) is 0 Å². The monoisotopic (exact) mass is 322 g/mol. The minimum Gasteiger partial charge on any atom is -0.351 e. The number of hydrogen-bond donors (Lipinski definition) is 1. The molecule has 0 unspecified atom stereocenters. The summed E-state index contributed by atoms with van der Waals surface area (Å²) in [5, 5.41) is 3.01. The minimum absolute atomic E-state index is 0.00517. The third-order valence-corrected chi connectivity index (χ3v) is 4.75. The Morgan fingerprint density at radius 3 is 2.65 bits per heavy atom. The van der Waals surface area contributed by atoms with Gasteiger partial charge < -0.3 is 5.32 Å². The molecule has 0 saturated carbocycles. The second kappa shape index (κ2) is 7.79. The highest BCUT2D eigenvalue weighted by Crippen LogP contribution is 2.37. The minimum atomic E-state index is 0.00517. The normalized spacial score (nSPS) is 13.9. The second-order valence-electron chi connectivity index (χ2n) is 5.20. The molecule has 23 heavy (non-hydrogen) atoms. The lowest BCUT2D eigenvalue weighted by atomic mass is 10.1. The van der Waals surface area contributed by atoms with Crippen LogP contribution in [0.2, 0.25) is 0 Å². The zero-order valence-corrected chi connectivity index (χ0v) is 13.6. The molecule has 0 fully saturated rings. The molecule has 1 amide bonds. The van der Waals surface area contributed by atoms with Crippen LogP contribution in [0.25, 0.3) is 4.91 Å². The summed E-state index contributed by atoms with van der Waals surface area (Å²) in [5.74, 6) is 0.00517. The molecule has 4 heteroatoms. The Balaban J connectivity index is 1.53. The van der Waals surface area contributed by atoms with E-state index in [2.05, 4.69) is 28.5 Å². The Labute approximate surface area is 140 Å². The third kappa shape index (κ3) is 4.33.